The first kappa shape index (κ1) is 20.8. The Hall–Kier alpha value is -3.47. The monoisotopic (exact) mass is 409 g/mol. The highest BCUT2D eigenvalue weighted by atomic mass is 32.2. The van der Waals surface area contributed by atoms with E-state index in [0.717, 1.165) is 24.3 Å². The number of carbonyl (C=O) groups excluding carboxylic acids is 3. The van der Waals surface area contributed by atoms with Crippen molar-refractivity contribution in [1.82, 2.24) is 10.6 Å². The Labute approximate surface area is 159 Å². The molecule has 11 heteroatoms. The van der Waals surface area contributed by atoms with Gasteiger partial charge < -0.3 is 10.1 Å². The summed E-state index contributed by atoms with van der Waals surface area (Å²) in [5.74, 6) is -2.21. The number of urea groups is 1. The van der Waals surface area contributed by atoms with E-state index in [4.69, 9.17) is 4.74 Å². The number of halogens is 1. The van der Waals surface area contributed by atoms with Crippen molar-refractivity contribution in [2.75, 3.05) is 18.4 Å². The minimum atomic E-state index is -3.92. The van der Waals surface area contributed by atoms with Crippen LogP contribution in [0.15, 0.2) is 53.4 Å². The molecule has 2 aromatic carbocycles. The van der Waals surface area contributed by atoms with Crippen molar-refractivity contribution in [1.29, 1.82) is 0 Å². The Morgan fingerprint density at radius 2 is 1.61 bits per heavy atom. The van der Waals surface area contributed by atoms with E-state index >= 15 is 0 Å². The second-order valence-electron chi connectivity index (χ2n) is 5.34. The van der Waals surface area contributed by atoms with E-state index < -0.39 is 40.4 Å². The normalized spacial score (nSPS) is 10.6. The predicted molar refractivity (Wildman–Crippen MR) is 96.5 cm³/mol. The van der Waals surface area contributed by atoms with Crippen LogP contribution < -0.4 is 15.4 Å². The first-order chi connectivity index (χ1) is 13.2. The molecule has 148 valence electrons. The molecule has 28 heavy (non-hydrogen) atoms. The number of ether oxygens (including phenoxy) is 1. The molecule has 0 atom stereocenters. The lowest BCUT2D eigenvalue weighted by molar-refractivity contribution is -0.123. The van der Waals surface area contributed by atoms with E-state index in [1.54, 1.807) is 0 Å². The van der Waals surface area contributed by atoms with E-state index in [2.05, 4.69) is 10.0 Å². The van der Waals surface area contributed by atoms with E-state index in [-0.39, 0.29) is 16.1 Å². The quantitative estimate of drug-likeness (QED) is 0.616. The molecule has 0 fully saturated rings. The molecule has 3 amide bonds. The van der Waals surface area contributed by atoms with Crippen LogP contribution in [0.2, 0.25) is 0 Å². The fourth-order valence-electron chi connectivity index (χ4n) is 1.94. The van der Waals surface area contributed by atoms with Crippen molar-refractivity contribution >= 4 is 33.6 Å². The highest BCUT2D eigenvalue weighted by Crippen LogP contribution is 2.17. The molecule has 0 bridgehead atoms. The summed E-state index contributed by atoms with van der Waals surface area (Å²) in [5, 5.41) is 4.09. The first-order valence-electron chi connectivity index (χ1n) is 7.78. The van der Waals surface area contributed by atoms with E-state index in [9.17, 15) is 27.2 Å². The largest absolute Gasteiger partial charge is 0.452 e. The fraction of sp³-hybridized carbons (Fsp3) is 0.118. The molecule has 9 nitrogen and oxygen atoms in total. The summed E-state index contributed by atoms with van der Waals surface area (Å²) in [6, 6.07) is 8.77. The van der Waals surface area contributed by atoms with Crippen LogP contribution in [0.5, 0.6) is 0 Å². The van der Waals surface area contributed by atoms with E-state index in [1.165, 1.54) is 31.3 Å². The number of rotatable bonds is 6. The Balaban J connectivity index is 1.97. The molecule has 0 unspecified atom stereocenters. The topological polar surface area (TPSA) is 131 Å². The van der Waals surface area contributed by atoms with Gasteiger partial charge in [0, 0.05) is 12.7 Å². The van der Waals surface area contributed by atoms with Crippen LogP contribution in [0, 0.1) is 5.82 Å². The van der Waals surface area contributed by atoms with Gasteiger partial charge in [-0.05, 0) is 48.5 Å². The maximum Gasteiger partial charge on any atom is 0.338 e. The molecule has 2 aromatic rings. The molecule has 0 heterocycles. The SMILES string of the molecule is CNC(=O)NC(=O)COC(=O)c1ccc(NS(=O)(=O)c2ccc(F)cc2)cc1. The summed E-state index contributed by atoms with van der Waals surface area (Å²) in [7, 11) is -2.60. The summed E-state index contributed by atoms with van der Waals surface area (Å²) >= 11 is 0. The predicted octanol–water partition coefficient (Wildman–Crippen LogP) is 1.24. The van der Waals surface area contributed by atoms with Crippen LogP contribution in [0.4, 0.5) is 14.9 Å². The molecule has 0 aliphatic heterocycles. The van der Waals surface area contributed by atoms with Crippen molar-refractivity contribution < 1.29 is 31.9 Å². The van der Waals surface area contributed by atoms with Crippen LogP contribution in [-0.4, -0.2) is 40.0 Å². The Morgan fingerprint density at radius 3 is 2.18 bits per heavy atom. The molecule has 0 aliphatic rings. The molecular weight excluding hydrogens is 393 g/mol. The number of benzene rings is 2. The van der Waals surface area contributed by atoms with Crippen LogP contribution in [-0.2, 0) is 19.6 Å². The minimum absolute atomic E-state index is 0.0671. The molecule has 2 rings (SSSR count). The molecule has 0 aromatic heterocycles. The average molecular weight is 409 g/mol. The third-order valence-corrected chi connectivity index (χ3v) is 4.71. The van der Waals surface area contributed by atoms with Gasteiger partial charge in [0.05, 0.1) is 10.5 Å². The van der Waals surface area contributed by atoms with Crippen molar-refractivity contribution in [3.8, 4) is 0 Å². The average Bonchev–Trinajstić information content (AvgIpc) is 2.66. The van der Waals surface area contributed by atoms with Gasteiger partial charge in [-0.2, -0.15) is 0 Å². The standard InChI is InChI=1S/C17H16FN3O6S/c1-19-17(24)20-15(22)10-27-16(23)11-2-6-13(7-3-11)21-28(25,26)14-8-4-12(18)5-9-14/h2-9,21H,10H2,1H3,(H2,19,20,22,24). The molecule has 0 radical (unpaired) electrons. The lowest BCUT2D eigenvalue weighted by atomic mass is 10.2. The Bertz CT molecular complexity index is 975. The van der Waals surface area contributed by atoms with E-state index in [0.29, 0.717) is 0 Å². The lowest BCUT2D eigenvalue weighted by Crippen LogP contribution is -2.39. The second-order valence-corrected chi connectivity index (χ2v) is 7.02. The van der Waals surface area contributed by atoms with Crippen molar-refractivity contribution in [3.63, 3.8) is 0 Å². The highest BCUT2D eigenvalue weighted by molar-refractivity contribution is 7.92. The van der Waals surface area contributed by atoms with Gasteiger partial charge in [-0.15, -0.1) is 0 Å². The smallest absolute Gasteiger partial charge is 0.338 e. The summed E-state index contributed by atoms with van der Waals surface area (Å²) < 4.78 is 44.4. The maximum absolute atomic E-state index is 12.9. The van der Waals surface area contributed by atoms with Gasteiger partial charge >= 0.3 is 12.0 Å². The van der Waals surface area contributed by atoms with Gasteiger partial charge in [0.15, 0.2) is 6.61 Å². The fourth-order valence-corrected chi connectivity index (χ4v) is 3.00. The van der Waals surface area contributed by atoms with E-state index in [1.807, 2.05) is 5.32 Å². The number of amides is 3. The number of hydrogen-bond acceptors (Lipinski definition) is 6. The number of anilines is 1. The van der Waals surface area contributed by atoms with Gasteiger partial charge in [-0.3, -0.25) is 14.8 Å². The molecule has 0 saturated heterocycles. The van der Waals surface area contributed by atoms with Crippen molar-refractivity contribution in [3.05, 3.63) is 59.9 Å². The third kappa shape index (κ3) is 5.77. The number of imide groups is 1. The summed E-state index contributed by atoms with van der Waals surface area (Å²) in [4.78, 5) is 34.1. The summed E-state index contributed by atoms with van der Waals surface area (Å²) in [6.07, 6.45) is 0. The molecule has 0 spiro atoms. The molecular formula is C17H16FN3O6S. The van der Waals surface area contributed by atoms with Crippen LogP contribution in [0.1, 0.15) is 10.4 Å². The lowest BCUT2D eigenvalue weighted by Gasteiger charge is -2.09. The van der Waals surface area contributed by atoms with Gasteiger partial charge in [0.2, 0.25) is 0 Å². The summed E-state index contributed by atoms with van der Waals surface area (Å²) in [6.45, 7) is -0.662. The number of sulfonamides is 1. The van der Waals surface area contributed by atoms with Gasteiger partial charge in [0.1, 0.15) is 5.82 Å². The van der Waals surface area contributed by atoms with Crippen LogP contribution in [0.25, 0.3) is 0 Å². The molecule has 0 aliphatic carbocycles. The number of esters is 1. The Morgan fingerprint density at radius 1 is 1.00 bits per heavy atom. The Kier molecular flexibility index (Phi) is 6.66. The molecule has 3 N–H and O–H groups in total. The number of carbonyl (C=O) groups is 3. The second kappa shape index (κ2) is 8.95. The minimum Gasteiger partial charge on any atom is -0.452 e. The van der Waals surface area contributed by atoms with Gasteiger partial charge in [-0.1, -0.05) is 0 Å². The number of nitrogens with one attached hydrogen (secondary N) is 3. The number of hydrogen-bond donors (Lipinski definition) is 3. The summed E-state index contributed by atoms with van der Waals surface area (Å²) in [5.41, 5.74) is 0.232. The zero-order valence-electron chi connectivity index (χ0n) is 14.6. The molecule has 0 saturated carbocycles. The van der Waals surface area contributed by atoms with Crippen molar-refractivity contribution in [2.24, 2.45) is 0 Å². The van der Waals surface area contributed by atoms with Crippen LogP contribution >= 0.6 is 0 Å². The highest BCUT2D eigenvalue weighted by Gasteiger charge is 2.15. The maximum atomic E-state index is 12.9. The zero-order valence-corrected chi connectivity index (χ0v) is 15.4. The van der Waals surface area contributed by atoms with Gasteiger partial charge in [-0.25, -0.2) is 22.4 Å². The first-order valence-corrected chi connectivity index (χ1v) is 9.27. The zero-order chi connectivity index (χ0) is 20.7. The van der Waals surface area contributed by atoms with Gasteiger partial charge in [0.25, 0.3) is 15.9 Å². The van der Waals surface area contributed by atoms with Crippen molar-refractivity contribution in [2.45, 2.75) is 4.90 Å². The third-order valence-electron chi connectivity index (χ3n) is 3.31. The van der Waals surface area contributed by atoms with Crippen LogP contribution in [0.3, 0.4) is 0 Å².